The van der Waals surface area contributed by atoms with Crippen molar-refractivity contribution in [3.8, 4) is 0 Å². The molecule has 0 bridgehead atoms. The largest absolute Gasteiger partial charge is 0.366 e. The van der Waals surface area contributed by atoms with Crippen LogP contribution in [0.1, 0.15) is 51.2 Å². The van der Waals surface area contributed by atoms with Gasteiger partial charge >= 0.3 is 0 Å². The number of carbonyl (C=O) groups is 2. The third-order valence-electron chi connectivity index (χ3n) is 6.22. The van der Waals surface area contributed by atoms with Crippen LogP contribution in [0.2, 0.25) is 0 Å². The first-order valence-corrected chi connectivity index (χ1v) is 11.9. The van der Waals surface area contributed by atoms with Gasteiger partial charge in [0.2, 0.25) is 0 Å². The molecule has 2 aromatic carbocycles. The molecule has 1 fully saturated rings. The molecule has 1 atom stereocenters. The van der Waals surface area contributed by atoms with Crippen LogP contribution < -0.4 is 15.1 Å². The van der Waals surface area contributed by atoms with Gasteiger partial charge in [0.05, 0.1) is 5.69 Å². The third kappa shape index (κ3) is 3.99. The zero-order valence-electron chi connectivity index (χ0n) is 18.6. The van der Waals surface area contributed by atoms with E-state index in [0.29, 0.717) is 11.6 Å². The lowest BCUT2D eigenvalue weighted by Crippen LogP contribution is -2.54. The first kappa shape index (κ1) is 22.7. The summed E-state index contributed by atoms with van der Waals surface area (Å²) < 4.78 is 0.893. The number of halogens is 1. The van der Waals surface area contributed by atoms with Gasteiger partial charge in [0.15, 0.2) is 5.11 Å². The zero-order valence-corrected chi connectivity index (χ0v) is 21.0. The minimum absolute atomic E-state index is 0.0672. The maximum atomic E-state index is 13.3. The Hall–Kier alpha value is -2.51. The van der Waals surface area contributed by atoms with E-state index in [-0.39, 0.29) is 16.2 Å². The van der Waals surface area contributed by atoms with Crippen molar-refractivity contribution in [3.05, 3.63) is 63.6 Å². The maximum Gasteiger partial charge on any atom is 0.270 e. The quantitative estimate of drug-likeness (QED) is 0.340. The fourth-order valence-electron chi connectivity index (χ4n) is 4.85. The number of anilines is 2. The molecule has 2 amide bonds. The number of hydrogen-bond donors (Lipinski definition) is 1. The number of hydrogen-bond acceptors (Lipinski definition) is 4. The highest BCUT2D eigenvalue weighted by Crippen LogP contribution is 2.43. The molecule has 1 unspecified atom stereocenters. The second-order valence-electron chi connectivity index (χ2n) is 8.91. The lowest BCUT2D eigenvalue weighted by Gasteiger charge is -2.47. The number of fused-ring (bicyclic) bond motifs is 1. The maximum absolute atomic E-state index is 13.3. The topological polar surface area (TPSA) is 52.7 Å². The van der Waals surface area contributed by atoms with Crippen molar-refractivity contribution in [2.75, 3.05) is 16.3 Å². The second kappa shape index (κ2) is 8.45. The van der Waals surface area contributed by atoms with E-state index in [9.17, 15) is 9.59 Å². The van der Waals surface area contributed by atoms with Crippen molar-refractivity contribution in [2.24, 2.45) is 0 Å². The standard InChI is InChI=1S/C25H26BrN3O2S/c1-5-28-21-11-6-16(12-19(21)15(2)14-25(28,3)4)13-20-22(30)27-24(32)29(23(20)31)18-9-7-17(26)8-10-18/h6-13,15H,5,14H2,1-4H3,(H,27,30,32)/b20-13+. The summed E-state index contributed by atoms with van der Waals surface area (Å²) in [6.07, 6.45) is 2.70. The van der Waals surface area contributed by atoms with Gasteiger partial charge in [-0.1, -0.05) is 28.9 Å². The molecule has 2 heterocycles. The summed E-state index contributed by atoms with van der Waals surface area (Å²) >= 11 is 8.68. The lowest BCUT2D eigenvalue weighted by molar-refractivity contribution is -0.122. The Balaban J connectivity index is 1.72. The SMILES string of the molecule is CCN1c2ccc(/C=C3\C(=O)NC(=S)N(c4ccc(Br)cc4)C3=O)cc2C(C)CC1(C)C. The average Bonchev–Trinajstić information content (AvgIpc) is 2.72. The van der Waals surface area contributed by atoms with E-state index < -0.39 is 11.8 Å². The molecule has 2 aromatic rings. The Morgan fingerprint density at radius 3 is 2.53 bits per heavy atom. The summed E-state index contributed by atoms with van der Waals surface area (Å²) in [5, 5.41) is 2.73. The monoisotopic (exact) mass is 511 g/mol. The van der Waals surface area contributed by atoms with E-state index >= 15 is 0 Å². The molecule has 2 aliphatic rings. The first-order chi connectivity index (χ1) is 15.1. The fraction of sp³-hybridized carbons (Fsp3) is 0.320. The molecule has 4 rings (SSSR count). The lowest BCUT2D eigenvalue weighted by atomic mass is 9.79. The van der Waals surface area contributed by atoms with Crippen LogP contribution in [0.15, 0.2) is 52.5 Å². The minimum atomic E-state index is -0.476. The molecule has 1 saturated heterocycles. The summed E-state index contributed by atoms with van der Waals surface area (Å²) in [6, 6.07) is 13.4. The van der Waals surface area contributed by atoms with E-state index in [0.717, 1.165) is 23.0 Å². The number of carbonyl (C=O) groups excluding carboxylic acids is 2. The molecule has 166 valence electrons. The summed E-state index contributed by atoms with van der Waals surface area (Å²) in [5.41, 5.74) is 4.04. The third-order valence-corrected chi connectivity index (χ3v) is 7.04. The Kier molecular flexibility index (Phi) is 5.98. The summed E-state index contributed by atoms with van der Waals surface area (Å²) in [7, 11) is 0. The molecule has 0 radical (unpaired) electrons. The van der Waals surface area contributed by atoms with Crippen LogP contribution in [-0.4, -0.2) is 29.0 Å². The summed E-state index contributed by atoms with van der Waals surface area (Å²) in [6.45, 7) is 9.87. The smallest absolute Gasteiger partial charge is 0.270 e. The van der Waals surface area contributed by atoms with Gasteiger partial charge < -0.3 is 4.90 Å². The van der Waals surface area contributed by atoms with Crippen LogP contribution in [0.25, 0.3) is 6.08 Å². The first-order valence-electron chi connectivity index (χ1n) is 10.7. The highest BCUT2D eigenvalue weighted by Gasteiger charge is 2.36. The van der Waals surface area contributed by atoms with Crippen molar-refractivity contribution < 1.29 is 9.59 Å². The molecule has 5 nitrogen and oxygen atoms in total. The van der Waals surface area contributed by atoms with Crippen LogP contribution in [-0.2, 0) is 9.59 Å². The molecule has 7 heteroatoms. The predicted octanol–water partition coefficient (Wildman–Crippen LogP) is 5.39. The van der Waals surface area contributed by atoms with Crippen molar-refractivity contribution >= 4 is 62.5 Å². The van der Waals surface area contributed by atoms with Gasteiger partial charge in [-0.05, 0) is 98.9 Å². The Morgan fingerprint density at radius 1 is 1.19 bits per heavy atom. The number of thiocarbonyl (C=S) groups is 1. The molecule has 0 aliphatic carbocycles. The highest BCUT2D eigenvalue weighted by molar-refractivity contribution is 9.10. The second-order valence-corrected chi connectivity index (χ2v) is 10.2. The number of rotatable bonds is 3. The van der Waals surface area contributed by atoms with Crippen molar-refractivity contribution in [2.45, 2.75) is 45.6 Å². The normalized spacial score (nSPS) is 21.6. The van der Waals surface area contributed by atoms with Gasteiger partial charge in [-0.3, -0.25) is 19.8 Å². The molecule has 2 aliphatic heterocycles. The number of amides is 2. The van der Waals surface area contributed by atoms with Gasteiger partial charge in [0, 0.05) is 22.2 Å². The summed E-state index contributed by atoms with van der Waals surface area (Å²) in [5.74, 6) is -0.525. The molecule has 32 heavy (non-hydrogen) atoms. The highest BCUT2D eigenvalue weighted by atomic mass is 79.9. The van der Waals surface area contributed by atoms with Gasteiger partial charge in [-0.15, -0.1) is 0 Å². The van der Waals surface area contributed by atoms with Crippen LogP contribution in [0.5, 0.6) is 0 Å². The fourth-order valence-corrected chi connectivity index (χ4v) is 5.39. The number of benzene rings is 2. The van der Waals surface area contributed by atoms with Gasteiger partial charge in [0.25, 0.3) is 11.8 Å². The van der Waals surface area contributed by atoms with Gasteiger partial charge in [-0.25, -0.2) is 0 Å². The van der Waals surface area contributed by atoms with Gasteiger partial charge in [0.1, 0.15) is 5.57 Å². The molecule has 0 spiro atoms. The Labute approximate surface area is 202 Å². The molecular formula is C25H26BrN3O2S. The molecule has 1 N–H and O–H groups in total. The minimum Gasteiger partial charge on any atom is -0.366 e. The Morgan fingerprint density at radius 2 is 1.88 bits per heavy atom. The molecule has 0 aromatic heterocycles. The van der Waals surface area contributed by atoms with Gasteiger partial charge in [-0.2, -0.15) is 0 Å². The van der Waals surface area contributed by atoms with Crippen LogP contribution in [0.4, 0.5) is 11.4 Å². The van der Waals surface area contributed by atoms with Crippen molar-refractivity contribution in [3.63, 3.8) is 0 Å². The average molecular weight is 512 g/mol. The number of nitrogens with zero attached hydrogens (tertiary/aromatic N) is 2. The Bertz CT molecular complexity index is 1140. The van der Waals surface area contributed by atoms with Crippen molar-refractivity contribution in [1.82, 2.24) is 5.32 Å². The van der Waals surface area contributed by atoms with Crippen LogP contribution >= 0.6 is 28.1 Å². The van der Waals surface area contributed by atoms with Crippen LogP contribution in [0.3, 0.4) is 0 Å². The van der Waals surface area contributed by atoms with Crippen molar-refractivity contribution in [1.29, 1.82) is 0 Å². The van der Waals surface area contributed by atoms with E-state index in [2.05, 4.69) is 66.0 Å². The summed E-state index contributed by atoms with van der Waals surface area (Å²) in [4.78, 5) is 29.7. The van der Waals surface area contributed by atoms with Crippen LogP contribution in [0, 0.1) is 0 Å². The molecular weight excluding hydrogens is 486 g/mol. The van der Waals surface area contributed by atoms with E-state index in [4.69, 9.17) is 12.2 Å². The van der Waals surface area contributed by atoms with E-state index in [1.807, 2.05) is 18.2 Å². The predicted molar refractivity (Wildman–Crippen MR) is 137 cm³/mol. The zero-order chi connectivity index (χ0) is 23.2. The van der Waals surface area contributed by atoms with E-state index in [1.165, 1.54) is 16.2 Å². The van der Waals surface area contributed by atoms with E-state index in [1.54, 1.807) is 18.2 Å². The molecule has 0 saturated carbocycles. The number of nitrogens with one attached hydrogen (secondary N) is 1.